The summed E-state index contributed by atoms with van der Waals surface area (Å²) in [5, 5.41) is 3.37. The lowest BCUT2D eigenvalue weighted by atomic mass is 10.2. The highest BCUT2D eigenvalue weighted by Crippen LogP contribution is 2.29. The first kappa shape index (κ1) is 13.1. The Balaban J connectivity index is 2.78. The summed E-state index contributed by atoms with van der Waals surface area (Å²) >= 11 is 9.33. The molecule has 0 bridgehead atoms. The molecular formula is C12H11BrClNO. The average molecular weight is 301 g/mol. The normalized spacial score (nSPS) is 9.62. The fraction of sp³-hybridized carbons (Fsp3) is 0.250. The Kier molecular flexibility index (Phi) is 4.85. The highest BCUT2D eigenvalue weighted by atomic mass is 79.9. The largest absolute Gasteiger partial charge is 0.325 e. The molecule has 1 aromatic carbocycles. The summed E-state index contributed by atoms with van der Waals surface area (Å²) in [7, 11) is 0. The molecule has 1 N–H and O–H groups in total. The fourth-order valence-corrected chi connectivity index (χ4v) is 1.86. The third kappa shape index (κ3) is 3.55. The minimum absolute atomic E-state index is 0.112. The molecule has 0 atom stereocenters. The number of terminal acetylenes is 1. The number of nitrogens with one attached hydrogen (secondary N) is 1. The van der Waals surface area contributed by atoms with Gasteiger partial charge in [-0.3, -0.25) is 4.79 Å². The molecule has 4 heteroatoms. The van der Waals surface area contributed by atoms with Gasteiger partial charge in [-0.05, 0) is 40.5 Å². The summed E-state index contributed by atoms with van der Waals surface area (Å²) in [6.45, 7) is 1.90. The van der Waals surface area contributed by atoms with Gasteiger partial charge in [-0.2, -0.15) is 0 Å². The number of halogens is 2. The van der Waals surface area contributed by atoms with Crippen LogP contribution in [0.5, 0.6) is 0 Å². The standard InChI is InChI=1S/C12H11BrClNO/c1-3-4-5-12(16)15-11-7-10(14)8(2)6-9(11)13/h1,6-7H,4-5H2,2H3,(H,15,16). The van der Waals surface area contributed by atoms with Crippen molar-refractivity contribution in [3.63, 3.8) is 0 Å². The number of aryl methyl sites for hydroxylation is 1. The molecule has 0 spiro atoms. The molecule has 1 aromatic rings. The number of rotatable bonds is 3. The zero-order valence-electron chi connectivity index (χ0n) is 8.81. The maximum absolute atomic E-state index is 11.4. The molecular weight excluding hydrogens is 289 g/mol. The minimum atomic E-state index is -0.112. The molecule has 1 amide bonds. The van der Waals surface area contributed by atoms with Gasteiger partial charge in [-0.15, -0.1) is 12.3 Å². The van der Waals surface area contributed by atoms with Gasteiger partial charge in [-0.25, -0.2) is 0 Å². The van der Waals surface area contributed by atoms with Crippen LogP contribution in [0, 0.1) is 19.3 Å². The summed E-state index contributed by atoms with van der Waals surface area (Å²) < 4.78 is 0.809. The molecule has 16 heavy (non-hydrogen) atoms. The predicted molar refractivity (Wildman–Crippen MR) is 70.6 cm³/mol. The minimum Gasteiger partial charge on any atom is -0.325 e. The van der Waals surface area contributed by atoms with Gasteiger partial charge in [0.2, 0.25) is 5.91 Å². The van der Waals surface area contributed by atoms with Crippen molar-refractivity contribution in [2.45, 2.75) is 19.8 Å². The lowest BCUT2D eigenvalue weighted by molar-refractivity contribution is -0.116. The quantitative estimate of drug-likeness (QED) is 0.846. The summed E-state index contributed by atoms with van der Waals surface area (Å²) in [5.74, 6) is 2.31. The maximum atomic E-state index is 11.4. The predicted octanol–water partition coefficient (Wildman–Crippen LogP) is 3.76. The average Bonchev–Trinajstić information content (AvgIpc) is 2.23. The van der Waals surface area contributed by atoms with Crippen LogP contribution < -0.4 is 5.32 Å². The van der Waals surface area contributed by atoms with E-state index in [4.69, 9.17) is 18.0 Å². The van der Waals surface area contributed by atoms with Crippen molar-refractivity contribution in [2.75, 3.05) is 5.32 Å². The van der Waals surface area contributed by atoms with Crippen LogP contribution in [0.2, 0.25) is 5.02 Å². The topological polar surface area (TPSA) is 29.1 Å². The first-order valence-corrected chi connectivity index (χ1v) is 5.90. The Morgan fingerprint density at radius 1 is 1.62 bits per heavy atom. The van der Waals surface area contributed by atoms with Crippen molar-refractivity contribution in [2.24, 2.45) is 0 Å². The SMILES string of the molecule is C#CCCC(=O)Nc1cc(Cl)c(C)cc1Br. The number of anilines is 1. The summed E-state index contributed by atoms with van der Waals surface area (Å²) in [6.07, 6.45) is 5.83. The number of hydrogen-bond acceptors (Lipinski definition) is 1. The number of carbonyl (C=O) groups is 1. The zero-order chi connectivity index (χ0) is 12.1. The van der Waals surface area contributed by atoms with Crippen molar-refractivity contribution in [1.29, 1.82) is 0 Å². The van der Waals surface area contributed by atoms with Crippen LogP contribution >= 0.6 is 27.5 Å². The molecule has 0 aliphatic heterocycles. The fourth-order valence-electron chi connectivity index (χ4n) is 1.14. The van der Waals surface area contributed by atoms with Gasteiger partial charge in [0, 0.05) is 22.3 Å². The van der Waals surface area contributed by atoms with E-state index in [1.54, 1.807) is 6.07 Å². The summed E-state index contributed by atoms with van der Waals surface area (Å²) in [4.78, 5) is 11.4. The number of hydrogen-bond donors (Lipinski definition) is 1. The molecule has 0 aliphatic rings. The molecule has 1 rings (SSSR count). The lowest BCUT2D eigenvalue weighted by Gasteiger charge is -2.08. The molecule has 0 saturated heterocycles. The third-order valence-electron chi connectivity index (χ3n) is 2.02. The molecule has 0 aromatic heterocycles. The van der Waals surface area contributed by atoms with Gasteiger partial charge in [0.05, 0.1) is 5.69 Å². The molecule has 0 heterocycles. The zero-order valence-corrected chi connectivity index (χ0v) is 11.2. The van der Waals surface area contributed by atoms with Gasteiger partial charge >= 0.3 is 0 Å². The van der Waals surface area contributed by atoms with Crippen LogP contribution in [-0.2, 0) is 4.79 Å². The Bertz CT molecular complexity index is 451. The van der Waals surface area contributed by atoms with E-state index in [0.717, 1.165) is 10.0 Å². The van der Waals surface area contributed by atoms with E-state index in [9.17, 15) is 4.79 Å². The second kappa shape index (κ2) is 5.93. The molecule has 0 unspecified atom stereocenters. The highest BCUT2D eigenvalue weighted by Gasteiger charge is 2.07. The lowest BCUT2D eigenvalue weighted by Crippen LogP contribution is -2.11. The van der Waals surface area contributed by atoms with E-state index >= 15 is 0 Å². The Morgan fingerprint density at radius 3 is 2.94 bits per heavy atom. The molecule has 2 nitrogen and oxygen atoms in total. The van der Waals surface area contributed by atoms with E-state index in [-0.39, 0.29) is 5.91 Å². The molecule has 84 valence electrons. The van der Waals surface area contributed by atoms with Crippen LogP contribution in [0.15, 0.2) is 16.6 Å². The van der Waals surface area contributed by atoms with E-state index < -0.39 is 0 Å². The number of amides is 1. The monoisotopic (exact) mass is 299 g/mol. The Morgan fingerprint density at radius 2 is 2.31 bits per heavy atom. The molecule has 0 aliphatic carbocycles. The van der Waals surface area contributed by atoms with Crippen molar-refractivity contribution >= 4 is 39.1 Å². The van der Waals surface area contributed by atoms with E-state index in [1.807, 2.05) is 13.0 Å². The number of benzene rings is 1. The van der Waals surface area contributed by atoms with Crippen LogP contribution in [0.4, 0.5) is 5.69 Å². The highest BCUT2D eigenvalue weighted by molar-refractivity contribution is 9.10. The van der Waals surface area contributed by atoms with E-state index in [2.05, 4.69) is 27.2 Å². The first-order chi connectivity index (χ1) is 7.54. The van der Waals surface area contributed by atoms with Gasteiger partial charge < -0.3 is 5.32 Å². The van der Waals surface area contributed by atoms with Gasteiger partial charge in [0.1, 0.15) is 0 Å². The first-order valence-electron chi connectivity index (χ1n) is 4.73. The molecule has 0 saturated carbocycles. The second-order valence-electron chi connectivity index (χ2n) is 3.33. The summed E-state index contributed by atoms with van der Waals surface area (Å²) in [5.41, 5.74) is 1.62. The van der Waals surface area contributed by atoms with Crippen molar-refractivity contribution in [3.05, 3.63) is 27.2 Å². The summed E-state index contributed by atoms with van der Waals surface area (Å²) in [6, 6.07) is 3.58. The van der Waals surface area contributed by atoms with Crippen molar-refractivity contribution < 1.29 is 4.79 Å². The molecule has 0 fully saturated rings. The van der Waals surface area contributed by atoms with Crippen LogP contribution in [0.3, 0.4) is 0 Å². The van der Waals surface area contributed by atoms with Crippen LogP contribution in [0.1, 0.15) is 18.4 Å². The number of carbonyl (C=O) groups excluding carboxylic acids is 1. The van der Waals surface area contributed by atoms with Crippen LogP contribution in [-0.4, -0.2) is 5.91 Å². The van der Waals surface area contributed by atoms with Gasteiger partial charge in [0.15, 0.2) is 0 Å². The smallest absolute Gasteiger partial charge is 0.225 e. The van der Waals surface area contributed by atoms with Crippen LogP contribution in [0.25, 0.3) is 0 Å². The van der Waals surface area contributed by atoms with E-state index in [1.165, 1.54) is 0 Å². The Hall–Kier alpha value is -0.980. The molecule has 0 radical (unpaired) electrons. The third-order valence-corrected chi connectivity index (χ3v) is 3.08. The van der Waals surface area contributed by atoms with Crippen molar-refractivity contribution in [1.82, 2.24) is 0 Å². The van der Waals surface area contributed by atoms with Crippen molar-refractivity contribution in [3.8, 4) is 12.3 Å². The Labute approximate surface area is 109 Å². The second-order valence-corrected chi connectivity index (χ2v) is 4.60. The van der Waals surface area contributed by atoms with Gasteiger partial charge in [0.25, 0.3) is 0 Å². The van der Waals surface area contributed by atoms with Gasteiger partial charge in [-0.1, -0.05) is 11.6 Å². The van der Waals surface area contributed by atoms with E-state index in [0.29, 0.717) is 23.6 Å². The maximum Gasteiger partial charge on any atom is 0.225 e.